The summed E-state index contributed by atoms with van der Waals surface area (Å²) in [5.41, 5.74) is 0.826. The highest BCUT2D eigenvalue weighted by molar-refractivity contribution is 8.01. The molecule has 0 radical (unpaired) electrons. The monoisotopic (exact) mass is 446 g/mol. The van der Waals surface area contributed by atoms with Crippen molar-refractivity contribution >= 4 is 46.1 Å². The molecule has 2 aromatic rings. The van der Waals surface area contributed by atoms with Crippen molar-refractivity contribution in [3.63, 3.8) is 0 Å². The molecule has 0 saturated heterocycles. The summed E-state index contributed by atoms with van der Waals surface area (Å²) in [6.07, 6.45) is 8.84. The second-order valence-corrected chi connectivity index (χ2v) is 9.20. The molecule has 1 aliphatic heterocycles. The van der Waals surface area contributed by atoms with Gasteiger partial charge in [0, 0.05) is 12.1 Å². The van der Waals surface area contributed by atoms with Gasteiger partial charge in [0.05, 0.1) is 5.75 Å². The van der Waals surface area contributed by atoms with Crippen molar-refractivity contribution in [2.24, 2.45) is 0 Å². The van der Waals surface area contributed by atoms with Crippen LogP contribution in [0.3, 0.4) is 0 Å². The van der Waals surface area contributed by atoms with E-state index in [0.29, 0.717) is 32.8 Å². The van der Waals surface area contributed by atoms with E-state index in [9.17, 15) is 9.59 Å². The summed E-state index contributed by atoms with van der Waals surface area (Å²) in [7, 11) is 0. The average molecular weight is 447 g/mol. The van der Waals surface area contributed by atoms with Crippen LogP contribution in [0.2, 0.25) is 0 Å². The predicted molar refractivity (Wildman–Crippen MR) is 116 cm³/mol. The van der Waals surface area contributed by atoms with Crippen molar-refractivity contribution in [3.05, 3.63) is 29.8 Å². The number of fused-ring (bicyclic) bond motifs is 1. The number of nitrogens with zero attached hydrogens (tertiary/aromatic N) is 2. The molecule has 1 saturated carbocycles. The average Bonchev–Trinajstić information content (AvgIpc) is 3.40. The molecule has 2 aliphatic rings. The number of nitrogens with one attached hydrogen (secondary N) is 2. The van der Waals surface area contributed by atoms with Crippen molar-refractivity contribution in [1.82, 2.24) is 15.5 Å². The number of aromatic nitrogens is 2. The highest BCUT2D eigenvalue weighted by Gasteiger charge is 2.16. The van der Waals surface area contributed by atoms with Crippen LogP contribution < -0.4 is 20.1 Å². The van der Waals surface area contributed by atoms with Crippen LogP contribution in [-0.2, 0) is 9.59 Å². The molecule has 2 heterocycles. The summed E-state index contributed by atoms with van der Waals surface area (Å²) in [4.78, 5) is 24.2. The number of anilines is 1. The highest BCUT2D eigenvalue weighted by atomic mass is 32.2. The predicted octanol–water partition coefficient (Wildman–Crippen LogP) is 3.46. The standard InChI is InChI=1S/C20H22N4O4S2/c25-17(9-7-13-6-8-15-16(10-13)28-12-27-15)22-19-23-24-20(30-19)29-11-18(26)21-14-4-2-1-3-5-14/h6-10,14H,1-5,11-12H2,(H,21,26)(H,22,23,25)/b9-7+. The van der Waals surface area contributed by atoms with Crippen LogP contribution in [0.5, 0.6) is 11.5 Å². The number of thioether (sulfide) groups is 1. The van der Waals surface area contributed by atoms with Gasteiger partial charge in [-0.15, -0.1) is 10.2 Å². The van der Waals surface area contributed by atoms with E-state index in [4.69, 9.17) is 9.47 Å². The summed E-state index contributed by atoms with van der Waals surface area (Å²) >= 11 is 2.57. The summed E-state index contributed by atoms with van der Waals surface area (Å²) in [5.74, 6) is 1.36. The fraction of sp³-hybridized carbons (Fsp3) is 0.400. The minimum Gasteiger partial charge on any atom is -0.454 e. The number of benzene rings is 1. The normalized spacial score (nSPS) is 16.0. The van der Waals surface area contributed by atoms with Crippen molar-refractivity contribution in [2.45, 2.75) is 42.5 Å². The zero-order valence-electron chi connectivity index (χ0n) is 16.3. The molecule has 1 aromatic carbocycles. The molecule has 0 unspecified atom stereocenters. The first-order valence-corrected chi connectivity index (χ1v) is 11.6. The van der Waals surface area contributed by atoms with Gasteiger partial charge in [-0.2, -0.15) is 0 Å². The zero-order valence-corrected chi connectivity index (χ0v) is 17.9. The van der Waals surface area contributed by atoms with Gasteiger partial charge in [0.2, 0.25) is 23.7 Å². The molecule has 1 fully saturated rings. The molecule has 0 bridgehead atoms. The van der Waals surface area contributed by atoms with Gasteiger partial charge < -0.3 is 14.8 Å². The molecule has 0 spiro atoms. The maximum absolute atomic E-state index is 12.1. The first kappa shape index (κ1) is 20.7. The molecule has 10 heteroatoms. The third kappa shape index (κ3) is 5.73. The van der Waals surface area contributed by atoms with Gasteiger partial charge in [-0.3, -0.25) is 14.9 Å². The Bertz CT molecular complexity index is 941. The second kappa shape index (κ2) is 9.94. The second-order valence-electron chi connectivity index (χ2n) is 7.00. The molecule has 30 heavy (non-hydrogen) atoms. The Balaban J connectivity index is 1.22. The summed E-state index contributed by atoms with van der Waals surface area (Å²) in [5, 5.41) is 14.2. The van der Waals surface area contributed by atoms with E-state index < -0.39 is 0 Å². The minimum absolute atomic E-state index is 0.0133. The summed E-state index contributed by atoms with van der Waals surface area (Å²) in [6, 6.07) is 5.76. The number of hydrogen-bond donors (Lipinski definition) is 2. The molecule has 2 amide bonds. The molecule has 8 nitrogen and oxygen atoms in total. The Hall–Kier alpha value is -2.59. The SMILES string of the molecule is O=C(/C=C/c1ccc2c(c1)OCO2)Nc1nnc(SCC(=O)NC2CCCCC2)s1. The number of carbonyl (C=O) groups excluding carboxylic acids is 2. The van der Waals surface area contributed by atoms with Crippen molar-refractivity contribution < 1.29 is 19.1 Å². The lowest BCUT2D eigenvalue weighted by Gasteiger charge is -2.22. The zero-order chi connectivity index (χ0) is 20.8. The van der Waals surface area contributed by atoms with E-state index in [0.717, 1.165) is 18.4 Å². The maximum atomic E-state index is 12.1. The molecule has 2 N–H and O–H groups in total. The van der Waals surface area contributed by atoms with Crippen LogP contribution in [0.4, 0.5) is 5.13 Å². The first-order chi connectivity index (χ1) is 14.7. The van der Waals surface area contributed by atoms with Crippen molar-refractivity contribution in [2.75, 3.05) is 17.9 Å². The van der Waals surface area contributed by atoms with Gasteiger partial charge in [0.1, 0.15) is 0 Å². The summed E-state index contributed by atoms with van der Waals surface area (Å²) in [6.45, 7) is 0.211. The third-order valence-corrected chi connectivity index (χ3v) is 6.73. The minimum atomic E-state index is -0.310. The fourth-order valence-electron chi connectivity index (χ4n) is 3.30. The number of carbonyl (C=O) groups is 2. The largest absolute Gasteiger partial charge is 0.454 e. The molecular weight excluding hydrogens is 424 g/mol. The molecule has 158 valence electrons. The quantitative estimate of drug-likeness (QED) is 0.381. The molecule has 4 rings (SSSR count). The van der Waals surface area contributed by atoms with Crippen molar-refractivity contribution in [1.29, 1.82) is 0 Å². The number of rotatable bonds is 7. The third-order valence-electron chi connectivity index (χ3n) is 4.76. The van der Waals surface area contributed by atoms with Crippen molar-refractivity contribution in [3.8, 4) is 11.5 Å². The summed E-state index contributed by atoms with van der Waals surface area (Å²) < 4.78 is 11.2. The topological polar surface area (TPSA) is 102 Å². The lowest BCUT2D eigenvalue weighted by Crippen LogP contribution is -2.37. The Morgan fingerprint density at radius 2 is 2.00 bits per heavy atom. The Kier molecular flexibility index (Phi) is 6.85. The van der Waals surface area contributed by atoms with E-state index in [-0.39, 0.29) is 18.6 Å². The van der Waals surface area contributed by atoms with Gasteiger partial charge in [0.15, 0.2) is 15.8 Å². The highest BCUT2D eigenvalue weighted by Crippen LogP contribution is 2.32. The Morgan fingerprint density at radius 1 is 1.17 bits per heavy atom. The van der Waals surface area contributed by atoms with Gasteiger partial charge in [-0.25, -0.2) is 0 Å². The van der Waals surface area contributed by atoms with Gasteiger partial charge in [0.25, 0.3) is 0 Å². The lowest BCUT2D eigenvalue weighted by molar-refractivity contribution is -0.119. The van der Waals surface area contributed by atoms with E-state index in [1.54, 1.807) is 12.1 Å². The molecule has 1 aliphatic carbocycles. The Labute approximate surface area is 182 Å². The maximum Gasteiger partial charge on any atom is 0.250 e. The number of ether oxygens (including phenoxy) is 2. The van der Waals surface area contributed by atoms with E-state index in [1.807, 2.05) is 12.1 Å². The van der Waals surface area contributed by atoms with Gasteiger partial charge in [-0.1, -0.05) is 48.4 Å². The van der Waals surface area contributed by atoms with Crippen LogP contribution in [0.15, 0.2) is 28.6 Å². The van der Waals surface area contributed by atoms with E-state index >= 15 is 0 Å². The van der Waals surface area contributed by atoms with Crippen LogP contribution in [-0.4, -0.2) is 40.6 Å². The van der Waals surface area contributed by atoms with Crippen LogP contribution in [0, 0.1) is 0 Å². The molecule has 0 atom stereocenters. The molecular formula is C20H22N4O4S2. The molecule has 1 aromatic heterocycles. The van der Waals surface area contributed by atoms with Crippen LogP contribution in [0.1, 0.15) is 37.7 Å². The smallest absolute Gasteiger partial charge is 0.250 e. The fourth-order valence-corrected chi connectivity index (χ4v) is 4.86. The van der Waals surface area contributed by atoms with E-state index in [2.05, 4.69) is 20.8 Å². The van der Waals surface area contributed by atoms with Crippen LogP contribution in [0.25, 0.3) is 6.08 Å². The van der Waals surface area contributed by atoms with E-state index in [1.165, 1.54) is 48.4 Å². The number of hydrogen-bond acceptors (Lipinski definition) is 8. The number of amides is 2. The lowest BCUT2D eigenvalue weighted by atomic mass is 9.95. The van der Waals surface area contributed by atoms with Crippen LogP contribution >= 0.6 is 23.1 Å². The Morgan fingerprint density at radius 3 is 2.87 bits per heavy atom. The van der Waals surface area contributed by atoms with Gasteiger partial charge in [-0.05, 0) is 36.6 Å². The first-order valence-electron chi connectivity index (χ1n) is 9.80. The van der Waals surface area contributed by atoms with Gasteiger partial charge >= 0.3 is 0 Å².